The average molecular weight is 453 g/mol. The van der Waals surface area contributed by atoms with Crippen molar-refractivity contribution in [1.82, 2.24) is 4.98 Å². The molecule has 155 valence electrons. The Morgan fingerprint density at radius 2 is 0.906 bits per heavy atom. The van der Waals surface area contributed by atoms with Crippen LogP contribution in [0.2, 0.25) is 0 Å². The Hall–Kier alpha value is -3.41. The summed E-state index contributed by atoms with van der Waals surface area (Å²) in [5, 5.41) is 0. The molecule has 0 fully saturated rings. The van der Waals surface area contributed by atoms with E-state index in [1.807, 2.05) is 78.9 Å². The van der Waals surface area contributed by atoms with E-state index in [0.29, 0.717) is 0 Å². The molecule has 5 rings (SSSR count). The van der Waals surface area contributed by atoms with Gasteiger partial charge in [0.1, 0.15) is 0 Å². The average Bonchev–Trinajstić information content (AvgIpc) is 2.87. The van der Waals surface area contributed by atoms with Gasteiger partial charge in [-0.3, -0.25) is 0 Å². The van der Waals surface area contributed by atoms with Gasteiger partial charge >= 0.3 is 16.5 Å². The number of hydrogen-bond donors (Lipinski definition) is 0. The monoisotopic (exact) mass is 452 g/mol. The molecular formula is C29H21BNNi. The van der Waals surface area contributed by atoms with E-state index in [-0.39, 0.29) is 16.5 Å². The van der Waals surface area contributed by atoms with Crippen LogP contribution in [-0.4, -0.2) is 12.3 Å². The van der Waals surface area contributed by atoms with E-state index in [4.69, 9.17) is 0 Å². The number of hydrogen-bond acceptors (Lipinski definition) is 1. The normalized spacial score (nSPS) is 9.62. The maximum Gasteiger partial charge on any atom is 2.00 e. The fraction of sp³-hybridized carbons (Fsp3) is 0. The second kappa shape index (κ2) is 12.4. The molecule has 0 bridgehead atoms. The molecule has 5 aromatic rings. The van der Waals surface area contributed by atoms with Gasteiger partial charge in [-0.2, -0.15) is 0 Å². The number of pyridine rings is 1. The summed E-state index contributed by atoms with van der Waals surface area (Å²) in [5.41, 5.74) is 6.38. The fourth-order valence-corrected chi connectivity index (χ4v) is 3.13. The Morgan fingerprint density at radius 3 is 1.31 bits per heavy atom. The second-order valence-corrected chi connectivity index (χ2v) is 6.93. The molecule has 1 heterocycles. The third-order valence-electron chi connectivity index (χ3n) is 4.65. The molecule has 0 unspecified atom stereocenters. The van der Waals surface area contributed by atoms with Crippen LogP contribution >= 0.6 is 0 Å². The summed E-state index contributed by atoms with van der Waals surface area (Å²) in [6.45, 7) is 0. The Morgan fingerprint density at radius 1 is 0.469 bits per heavy atom. The second-order valence-electron chi connectivity index (χ2n) is 6.93. The van der Waals surface area contributed by atoms with Gasteiger partial charge in [-0.05, 0) is 11.4 Å². The van der Waals surface area contributed by atoms with Crippen LogP contribution in [0.15, 0.2) is 127 Å². The first kappa shape index (κ1) is 23.3. The van der Waals surface area contributed by atoms with E-state index in [0.717, 1.165) is 22.5 Å². The summed E-state index contributed by atoms with van der Waals surface area (Å²) in [6, 6.07) is 48.8. The van der Waals surface area contributed by atoms with Crippen LogP contribution in [0.4, 0.5) is 0 Å². The predicted octanol–water partition coefficient (Wildman–Crippen LogP) is 5.36. The summed E-state index contributed by atoms with van der Waals surface area (Å²) >= 11 is 0. The van der Waals surface area contributed by atoms with Crippen LogP contribution in [0, 0.1) is 12.1 Å². The first-order valence-electron chi connectivity index (χ1n) is 10.2. The summed E-state index contributed by atoms with van der Waals surface area (Å²) in [5.74, 6) is 0. The van der Waals surface area contributed by atoms with E-state index in [9.17, 15) is 0 Å². The largest absolute Gasteiger partial charge is 2.00 e. The van der Waals surface area contributed by atoms with Gasteiger partial charge < -0.3 is 4.98 Å². The standard InChI is InChI=1S/C17H11N.C12H10B.Ni/c1-3-8-14(9-4-1)16-12-7-13-17(18-16)15-10-5-2-6-11-15;1-3-7-11(8-4-1)13-12-9-5-2-6-10-12;/h1-8,10,12-13H;1-10H;/q-2;;+2. The van der Waals surface area contributed by atoms with Crippen molar-refractivity contribution < 1.29 is 16.5 Å². The zero-order valence-corrected chi connectivity index (χ0v) is 18.5. The van der Waals surface area contributed by atoms with Gasteiger partial charge in [-0.25, -0.2) is 0 Å². The first-order chi connectivity index (χ1) is 15.4. The SMILES string of the molecule is [B](c1ccccc1)c1ccccc1.[Ni+2].[c-]1ccccc1-c1cccc(-c2[c-]cccc2)n1. The Kier molecular flexibility index (Phi) is 9.04. The zero-order valence-electron chi connectivity index (χ0n) is 17.5. The third kappa shape index (κ3) is 6.80. The Labute approximate surface area is 201 Å². The summed E-state index contributed by atoms with van der Waals surface area (Å²) in [4.78, 5) is 4.65. The van der Waals surface area contributed by atoms with Crippen LogP contribution in [0.1, 0.15) is 0 Å². The Bertz CT molecular complexity index is 1090. The fourth-order valence-electron chi connectivity index (χ4n) is 3.13. The summed E-state index contributed by atoms with van der Waals surface area (Å²) in [6.07, 6.45) is 0. The van der Waals surface area contributed by atoms with Gasteiger partial charge in [-0.1, -0.05) is 89.8 Å². The molecular weight excluding hydrogens is 432 g/mol. The number of benzene rings is 4. The minimum Gasteiger partial charge on any atom is -0.345 e. The zero-order chi connectivity index (χ0) is 21.1. The molecule has 4 aromatic carbocycles. The van der Waals surface area contributed by atoms with Crippen molar-refractivity contribution in [1.29, 1.82) is 0 Å². The molecule has 3 heteroatoms. The molecule has 1 aromatic heterocycles. The van der Waals surface area contributed by atoms with Crippen molar-refractivity contribution >= 4 is 18.2 Å². The molecule has 0 atom stereocenters. The molecule has 0 aliphatic heterocycles. The minimum absolute atomic E-state index is 0. The van der Waals surface area contributed by atoms with E-state index in [2.05, 4.69) is 72.9 Å². The topological polar surface area (TPSA) is 12.9 Å². The smallest absolute Gasteiger partial charge is 0.345 e. The van der Waals surface area contributed by atoms with Crippen molar-refractivity contribution in [2.75, 3.05) is 0 Å². The van der Waals surface area contributed by atoms with Crippen molar-refractivity contribution in [3.8, 4) is 22.5 Å². The van der Waals surface area contributed by atoms with Crippen molar-refractivity contribution in [2.45, 2.75) is 0 Å². The van der Waals surface area contributed by atoms with Crippen LogP contribution in [-0.2, 0) is 16.5 Å². The molecule has 0 saturated heterocycles. The van der Waals surface area contributed by atoms with Crippen molar-refractivity contribution in [2.24, 2.45) is 0 Å². The van der Waals surface area contributed by atoms with Crippen LogP contribution < -0.4 is 10.9 Å². The van der Waals surface area contributed by atoms with Gasteiger partial charge in [0.25, 0.3) is 0 Å². The van der Waals surface area contributed by atoms with E-state index in [1.54, 1.807) is 0 Å². The van der Waals surface area contributed by atoms with Crippen LogP contribution in [0.5, 0.6) is 0 Å². The molecule has 1 nitrogen and oxygen atoms in total. The van der Waals surface area contributed by atoms with Crippen LogP contribution in [0.25, 0.3) is 22.5 Å². The first-order valence-corrected chi connectivity index (χ1v) is 10.2. The molecule has 0 aliphatic carbocycles. The molecule has 0 N–H and O–H groups in total. The predicted molar refractivity (Wildman–Crippen MR) is 131 cm³/mol. The molecule has 0 aliphatic rings. The molecule has 0 amide bonds. The molecule has 32 heavy (non-hydrogen) atoms. The van der Waals surface area contributed by atoms with Crippen molar-refractivity contribution in [3.63, 3.8) is 0 Å². The van der Waals surface area contributed by atoms with Gasteiger partial charge in [0.2, 0.25) is 0 Å². The molecule has 0 spiro atoms. The third-order valence-corrected chi connectivity index (χ3v) is 4.65. The summed E-state index contributed by atoms with van der Waals surface area (Å²) in [7, 11) is 2.17. The minimum atomic E-state index is 0. The van der Waals surface area contributed by atoms with Gasteiger partial charge in [0.05, 0.1) is 0 Å². The maximum atomic E-state index is 4.65. The van der Waals surface area contributed by atoms with Gasteiger partial charge in [0.15, 0.2) is 7.28 Å². The number of aromatic nitrogens is 1. The maximum absolute atomic E-state index is 4.65. The number of rotatable bonds is 4. The van der Waals surface area contributed by atoms with Crippen LogP contribution in [0.3, 0.4) is 0 Å². The molecule has 0 saturated carbocycles. The van der Waals surface area contributed by atoms with Gasteiger partial charge in [0, 0.05) is 0 Å². The van der Waals surface area contributed by atoms with E-state index in [1.165, 1.54) is 10.9 Å². The molecule has 1 radical (unpaired) electrons. The van der Waals surface area contributed by atoms with E-state index < -0.39 is 0 Å². The van der Waals surface area contributed by atoms with E-state index >= 15 is 0 Å². The summed E-state index contributed by atoms with van der Waals surface area (Å²) < 4.78 is 0. The quantitative estimate of drug-likeness (QED) is 0.264. The Balaban J connectivity index is 0.000000184. The van der Waals surface area contributed by atoms with Gasteiger partial charge in [-0.15, -0.1) is 71.8 Å². The number of nitrogens with zero attached hydrogens (tertiary/aromatic N) is 1. The van der Waals surface area contributed by atoms with Crippen molar-refractivity contribution in [3.05, 3.63) is 140 Å².